The first kappa shape index (κ1) is 14.6. The van der Waals surface area contributed by atoms with Crippen LogP contribution in [-0.4, -0.2) is 18.3 Å². The number of rotatable bonds is 1. The Morgan fingerprint density at radius 3 is 2.95 bits per heavy atom. The summed E-state index contributed by atoms with van der Waals surface area (Å²) in [6, 6.07) is 7.63. The van der Waals surface area contributed by atoms with Crippen LogP contribution in [0.15, 0.2) is 12.1 Å². The third-order valence-corrected chi connectivity index (χ3v) is 7.04. The predicted molar refractivity (Wildman–Crippen MR) is 87.1 cm³/mol. The lowest BCUT2D eigenvalue weighted by Crippen LogP contribution is -2.51. The zero-order chi connectivity index (χ0) is 15.3. The molecule has 2 heteroatoms. The van der Waals surface area contributed by atoms with Crippen LogP contribution in [0.2, 0.25) is 0 Å². The molecule has 0 saturated heterocycles. The summed E-state index contributed by atoms with van der Waals surface area (Å²) in [7, 11) is 1.73. The van der Waals surface area contributed by atoms with E-state index in [9.17, 15) is 5.11 Å². The Labute approximate surface area is 133 Å². The molecule has 0 spiro atoms. The van der Waals surface area contributed by atoms with Crippen LogP contribution >= 0.6 is 0 Å². The van der Waals surface area contributed by atoms with E-state index < -0.39 is 0 Å². The van der Waals surface area contributed by atoms with E-state index in [0.717, 1.165) is 18.1 Å². The van der Waals surface area contributed by atoms with E-state index in [4.69, 9.17) is 4.74 Å². The molecule has 0 amide bonds. The Hall–Kier alpha value is -1.02. The molecule has 119 valence electrons. The second kappa shape index (κ2) is 5.26. The summed E-state index contributed by atoms with van der Waals surface area (Å²) in [5, 5.41) is 10.6. The molecule has 2 fully saturated rings. The first-order valence-corrected chi connectivity index (χ1v) is 8.90. The molecule has 1 N–H and O–H groups in total. The van der Waals surface area contributed by atoms with E-state index in [1.54, 1.807) is 7.11 Å². The molecular formula is C20H27O2. The fourth-order valence-corrected chi connectivity index (χ4v) is 5.76. The van der Waals surface area contributed by atoms with Crippen LogP contribution in [0.3, 0.4) is 0 Å². The number of fused-ring (bicyclic) bond motifs is 5. The van der Waals surface area contributed by atoms with Gasteiger partial charge in [-0.05, 0) is 85.0 Å². The standard InChI is InChI=1S/C20H27O2/c1-20-11-10-15-16(18(20)4-3-5-19(20)21)9-7-13-6-8-14(22-2)12-17(13)15/h6,12,15-16,18-19,21H,3-5,7,9-11H2,1-2H3/t15-,16+,18-,19?,20-/m0/s1. The average Bonchev–Trinajstić information content (AvgIpc) is 2.55. The van der Waals surface area contributed by atoms with Crippen LogP contribution in [0.4, 0.5) is 0 Å². The molecule has 3 aliphatic carbocycles. The van der Waals surface area contributed by atoms with Gasteiger partial charge in [-0.1, -0.05) is 13.3 Å². The fraction of sp³-hybridized carbons (Fsp3) is 0.700. The van der Waals surface area contributed by atoms with Crippen molar-refractivity contribution in [2.75, 3.05) is 7.11 Å². The Kier molecular flexibility index (Phi) is 3.48. The van der Waals surface area contributed by atoms with Crippen molar-refractivity contribution < 1.29 is 9.84 Å². The summed E-state index contributed by atoms with van der Waals surface area (Å²) in [4.78, 5) is 0. The van der Waals surface area contributed by atoms with Gasteiger partial charge in [0.25, 0.3) is 0 Å². The summed E-state index contributed by atoms with van der Waals surface area (Å²) >= 11 is 0. The predicted octanol–water partition coefficient (Wildman–Crippen LogP) is 4.10. The summed E-state index contributed by atoms with van der Waals surface area (Å²) in [5.41, 5.74) is 3.14. The van der Waals surface area contributed by atoms with E-state index in [-0.39, 0.29) is 11.5 Å². The number of aliphatic hydroxyl groups excluding tert-OH is 1. The van der Waals surface area contributed by atoms with Gasteiger partial charge >= 0.3 is 0 Å². The van der Waals surface area contributed by atoms with Gasteiger partial charge in [-0.3, -0.25) is 0 Å². The van der Waals surface area contributed by atoms with Crippen LogP contribution < -0.4 is 4.74 Å². The topological polar surface area (TPSA) is 29.5 Å². The summed E-state index contributed by atoms with van der Waals surface area (Å²) in [5.74, 6) is 2.97. The van der Waals surface area contributed by atoms with Crippen molar-refractivity contribution in [1.82, 2.24) is 0 Å². The molecule has 1 unspecified atom stereocenters. The number of hydrogen-bond acceptors (Lipinski definition) is 2. The van der Waals surface area contributed by atoms with Gasteiger partial charge in [-0.15, -0.1) is 0 Å². The van der Waals surface area contributed by atoms with E-state index in [2.05, 4.69) is 25.1 Å². The maximum absolute atomic E-state index is 10.6. The monoisotopic (exact) mass is 299 g/mol. The average molecular weight is 299 g/mol. The molecule has 2 saturated carbocycles. The minimum Gasteiger partial charge on any atom is -0.496 e. The second-order valence-electron chi connectivity index (χ2n) is 7.89. The lowest BCUT2D eigenvalue weighted by Gasteiger charge is -2.56. The van der Waals surface area contributed by atoms with Gasteiger partial charge in [0.15, 0.2) is 0 Å². The molecule has 0 aliphatic heterocycles. The van der Waals surface area contributed by atoms with E-state index in [0.29, 0.717) is 11.8 Å². The highest BCUT2D eigenvalue weighted by atomic mass is 16.5. The van der Waals surface area contributed by atoms with Gasteiger partial charge in [0, 0.05) is 6.07 Å². The SMILES string of the molecule is COc1[c]cc2c(c1)[C@H]1CC[C@]3(C)C(O)CCC[C@H]3[C@@H]1CC2. The van der Waals surface area contributed by atoms with Crippen LogP contribution in [0.5, 0.6) is 5.75 Å². The zero-order valence-corrected chi connectivity index (χ0v) is 13.8. The second-order valence-corrected chi connectivity index (χ2v) is 7.89. The minimum absolute atomic E-state index is 0.0905. The Morgan fingerprint density at radius 1 is 1.27 bits per heavy atom. The molecule has 1 aromatic rings. The molecule has 3 aliphatic rings. The van der Waals surface area contributed by atoms with Gasteiger partial charge in [0.1, 0.15) is 5.75 Å². The minimum atomic E-state index is -0.0905. The molecule has 2 nitrogen and oxygen atoms in total. The highest BCUT2D eigenvalue weighted by Gasteiger charge is 2.52. The molecule has 22 heavy (non-hydrogen) atoms. The first-order chi connectivity index (χ1) is 10.6. The van der Waals surface area contributed by atoms with Crippen LogP contribution in [0, 0.1) is 23.3 Å². The van der Waals surface area contributed by atoms with Crippen molar-refractivity contribution >= 4 is 0 Å². The Morgan fingerprint density at radius 2 is 2.14 bits per heavy atom. The number of ether oxygens (including phenoxy) is 1. The number of aliphatic hydroxyl groups is 1. The largest absolute Gasteiger partial charge is 0.496 e. The number of aryl methyl sites for hydroxylation is 1. The van der Waals surface area contributed by atoms with E-state index in [1.165, 1.54) is 49.7 Å². The number of methoxy groups -OCH3 is 1. The lowest BCUT2D eigenvalue weighted by atomic mass is 9.50. The molecular weight excluding hydrogens is 272 g/mol. The van der Waals surface area contributed by atoms with Crippen LogP contribution in [0.25, 0.3) is 0 Å². The van der Waals surface area contributed by atoms with Crippen LogP contribution in [-0.2, 0) is 6.42 Å². The number of hydrogen-bond donors (Lipinski definition) is 1. The molecule has 4 rings (SSSR count). The third kappa shape index (κ3) is 2.03. The van der Waals surface area contributed by atoms with Crippen molar-refractivity contribution in [3.05, 3.63) is 29.3 Å². The van der Waals surface area contributed by atoms with Gasteiger partial charge in [0.2, 0.25) is 0 Å². The molecule has 5 atom stereocenters. The van der Waals surface area contributed by atoms with Crippen molar-refractivity contribution in [2.24, 2.45) is 17.3 Å². The van der Waals surface area contributed by atoms with Crippen molar-refractivity contribution in [2.45, 2.75) is 63.9 Å². The van der Waals surface area contributed by atoms with Gasteiger partial charge in [0.05, 0.1) is 13.2 Å². The van der Waals surface area contributed by atoms with E-state index >= 15 is 0 Å². The summed E-state index contributed by atoms with van der Waals surface area (Å²) < 4.78 is 5.41. The highest BCUT2D eigenvalue weighted by Crippen LogP contribution is 2.59. The first-order valence-electron chi connectivity index (χ1n) is 8.90. The summed E-state index contributed by atoms with van der Waals surface area (Å²) in [6.07, 6.45) is 8.25. The Balaban J connectivity index is 1.70. The zero-order valence-electron chi connectivity index (χ0n) is 13.8. The number of benzene rings is 1. The van der Waals surface area contributed by atoms with E-state index in [1.807, 2.05) is 0 Å². The van der Waals surface area contributed by atoms with Crippen molar-refractivity contribution in [1.29, 1.82) is 0 Å². The molecule has 0 aromatic heterocycles. The normalized spacial score (nSPS) is 40.3. The van der Waals surface area contributed by atoms with Gasteiger partial charge in [-0.2, -0.15) is 0 Å². The molecule has 0 bridgehead atoms. The molecule has 0 heterocycles. The lowest BCUT2D eigenvalue weighted by molar-refractivity contribution is -0.0976. The highest BCUT2D eigenvalue weighted by molar-refractivity contribution is 5.40. The smallest absolute Gasteiger partial charge is 0.127 e. The molecule has 1 aromatic carbocycles. The van der Waals surface area contributed by atoms with Crippen LogP contribution in [0.1, 0.15) is 62.5 Å². The molecule has 1 radical (unpaired) electrons. The van der Waals surface area contributed by atoms with Gasteiger partial charge in [-0.25, -0.2) is 0 Å². The van der Waals surface area contributed by atoms with Crippen molar-refractivity contribution in [3.8, 4) is 5.75 Å². The third-order valence-electron chi connectivity index (χ3n) is 7.04. The fourth-order valence-electron chi connectivity index (χ4n) is 5.76. The van der Waals surface area contributed by atoms with Gasteiger partial charge < -0.3 is 9.84 Å². The Bertz CT molecular complexity index is 567. The van der Waals surface area contributed by atoms with Crippen molar-refractivity contribution in [3.63, 3.8) is 0 Å². The summed E-state index contributed by atoms with van der Waals surface area (Å²) in [6.45, 7) is 2.35. The quantitative estimate of drug-likeness (QED) is 0.846. The maximum atomic E-state index is 10.6. The maximum Gasteiger partial charge on any atom is 0.127 e.